The molecule has 1 aliphatic carbocycles. The summed E-state index contributed by atoms with van der Waals surface area (Å²) in [6.45, 7) is 2.94. The van der Waals surface area contributed by atoms with Gasteiger partial charge in [0.2, 0.25) is 0 Å². The van der Waals surface area contributed by atoms with Crippen LogP contribution in [-0.4, -0.2) is 23.6 Å². The summed E-state index contributed by atoms with van der Waals surface area (Å²) < 4.78 is 7.07. The molecular weight excluding hydrogens is 330 g/mol. The fraction of sp³-hybridized carbons (Fsp3) is 0.750. The van der Waals surface area contributed by atoms with Crippen molar-refractivity contribution >= 4 is 21.7 Å². The predicted octanol–water partition coefficient (Wildman–Crippen LogP) is 4.35. The molecule has 0 amide bonds. The first-order valence-corrected chi connectivity index (χ1v) is 8.83. The summed E-state index contributed by atoms with van der Waals surface area (Å²) >= 11 is 3.70. The topological polar surface area (TPSA) is 47.0 Å². The van der Waals surface area contributed by atoms with E-state index in [1.54, 1.807) is 0 Å². The molecule has 3 rings (SSSR count). The van der Waals surface area contributed by atoms with Gasteiger partial charge in [-0.2, -0.15) is 0 Å². The average molecular weight is 354 g/mol. The Morgan fingerprint density at radius 1 is 1.19 bits per heavy atom. The highest BCUT2D eigenvalue weighted by Crippen LogP contribution is 2.41. The van der Waals surface area contributed by atoms with Gasteiger partial charge in [0.15, 0.2) is 5.82 Å². The molecular formula is C16H24BrN3O. The summed E-state index contributed by atoms with van der Waals surface area (Å²) in [5.41, 5.74) is 0.829. The highest BCUT2D eigenvalue weighted by molar-refractivity contribution is 9.10. The number of halogens is 1. The minimum Gasteiger partial charge on any atom is -0.372 e. The molecule has 1 atom stereocenters. The maximum Gasteiger partial charge on any atom is 0.162 e. The quantitative estimate of drug-likeness (QED) is 0.876. The van der Waals surface area contributed by atoms with Crippen LogP contribution in [0.15, 0.2) is 4.47 Å². The second-order valence-corrected chi connectivity index (χ2v) is 7.16. The molecule has 5 heteroatoms. The van der Waals surface area contributed by atoms with E-state index in [-0.39, 0.29) is 5.60 Å². The van der Waals surface area contributed by atoms with Crippen LogP contribution in [0.3, 0.4) is 0 Å². The zero-order valence-corrected chi connectivity index (χ0v) is 14.5. The molecule has 2 heterocycles. The van der Waals surface area contributed by atoms with Gasteiger partial charge in [0.05, 0.1) is 10.2 Å². The lowest BCUT2D eigenvalue weighted by Gasteiger charge is -2.33. The molecule has 1 saturated carbocycles. The molecule has 2 aliphatic rings. The second kappa shape index (κ2) is 6.21. The molecule has 1 aromatic heterocycles. The predicted molar refractivity (Wildman–Crippen MR) is 87.6 cm³/mol. The summed E-state index contributed by atoms with van der Waals surface area (Å²) in [5.74, 6) is 2.29. The smallest absolute Gasteiger partial charge is 0.162 e. The second-order valence-electron chi connectivity index (χ2n) is 6.36. The largest absolute Gasteiger partial charge is 0.372 e. The Hall–Kier alpha value is -0.680. The maximum atomic E-state index is 6.04. The Bertz CT molecular complexity index is 508. The van der Waals surface area contributed by atoms with Crippen molar-refractivity contribution in [2.24, 2.45) is 0 Å². The summed E-state index contributed by atoms with van der Waals surface area (Å²) in [7, 11) is 1.92. The lowest BCUT2D eigenvalue weighted by atomic mass is 9.94. The van der Waals surface area contributed by atoms with Crippen LogP contribution in [0.1, 0.15) is 69.3 Å². The van der Waals surface area contributed by atoms with Crippen LogP contribution in [0.25, 0.3) is 0 Å². The van der Waals surface area contributed by atoms with E-state index in [0.717, 1.165) is 41.3 Å². The Morgan fingerprint density at radius 2 is 1.95 bits per heavy atom. The van der Waals surface area contributed by atoms with E-state index in [4.69, 9.17) is 14.7 Å². The van der Waals surface area contributed by atoms with Crippen molar-refractivity contribution in [1.29, 1.82) is 0 Å². The zero-order valence-electron chi connectivity index (χ0n) is 12.9. The molecule has 1 saturated heterocycles. The summed E-state index contributed by atoms with van der Waals surface area (Å²) in [6.07, 6.45) is 8.40. The van der Waals surface area contributed by atoms with E-state index in [2.05, 4.69) is 28.2 Å². The van der Waals surface area contributed by atoms with E-state index >= 15 is 0 Å². The van der Waals surface area contributed by atoms with Crippen molar-refractivity contribution < 1.29 is 4.74 Å². The van der Waals surface area contributed by atoms with Crippen LogP contribution in [0.4, 0.5) is 5.82 Å². The van der Waals surface area contributed by atoms with Crippen LogP contribution < -0.4 is 5.32 Å². The third kappa shape index (κ3) is 2.95. The molecule has 1 N–H and O–H groups in total. The molecule has 21 heavy (non-hydrogen) atoms. The normalized spacial score (nSPS) is 27.0. The van der Waals surface area contributed by atoms with Crippen molar-refractivity contribution in [3.63, 3.8) is 0 Å². The summed E-state index contributed by atoms with van der Waals surface area (Å²) in [5, 5.41) is 3.20. The Kier molecular flexibility index (Phi) is 4.50. The molecule has 1 aliphatic heterocycles. The molecule has 0 radical (unpaired) electrons. The van der Waals surface area contributed by atoms with Crippen LogP contribution in [-0.2, 0) is 10.3 Å². The Balaban J connectivity index is 2.02. The van der Waals surface area contributed by atoms with Gasteiger partial charge in [-0.1, -0.05) is 12.8 Å². The average Bonchev–Trinajstić information content (AvgIpc) is 3.02. The number of rotatable bonds is 3. The van der Waals surface area contributed by atoms with Crippen molar-refractivity contribution in [2.75, 3.05) is 19.0 Å². The van der Waals surface area contributed by atoms with Crippen molar-refractivity contribution in [1.82, 2.24) is 9.97 Å². The SMILES string of the molecule is CNc1nc(C2(C)CCCCO2)nc(C2CCCC2)c1Br. The van der Waals surface area contributed by atoms with Crippen LogP contribution >= 0.6 is 15.9 Å². The van der Waals surface area contributed by atoms with E-state index in [9.17, 15) is 0 Å². The zero-order chi connectivity index (χ0) is 14.9. The van der Waals surface area contributed by atoms with E-state index < -0.39 is 0 Å². The van der Waals surface area contributed by atoms with Crippen molar-refractivity contribution in [3.05, 3.63) is 16.0 Å². The number of nitrogens with one attached hydrogen (secondary N) is 1. The highest BCUT2D eigenvalue weighted by atomic mass is 79.9. The van der Waals surface area contributed by atoms with Crippen molar-refractivity contribution in [3.8, 4) is 0 Å². The number of ether oxygens (including phenoxy) is 1. The number of hydrogen-bond donors (Lipinski definition) is 1. The molecule has 0 bridgehead atoms. The van der Waals surface area contributed by atoms with Crippen LogP contribution in [0, 0.1) is 0 Å². The minimum absolute atomic E-state index is 0.335. The van der Waals surface area contributed by atoms with Gasteiger partial charge in [0.25, 0.3) is 0 Å². The first-order chi connectivity index (χ1) is 10.1. The summed E-state index contributed by atoms with van der Waals surface area (Å²) in [6, 6.07) is 0. The van der Waals surface area contributed by atoms with Gasteiger partial charge < -0.3 is 10.1 Å². The fourth-order valence-corrected chi connectivity index (χ4v) is 4.15. The Labute approximate surface area is 135 Å². The third-order valence-corrected chi connectivity index (χ3v) is 5.58. The van der Waals surface area contributed by atoms with Crippen molar-refractivity contribution in [2.45, 2.75) is 63.4 Å². The lowest BCUT2D eigenvalue weighted by molar-refractivity contribution is -0.0761. The monoisotopic (exact) mass is 353 g/mol. The maximum absolute atomic E-state index is 6.04. The number of aromatic nitrogens is 2. The standard InChI is InChI=1S/C16H24BrN3O/c1-16(9-5-6-10-21-16)15-19-13(11-7-3-4-8-11)12(17)14(18-2)20-15/h11H,3-10H2,1-2H3,(H,18,19,20). The molecule has 4 nitrogen and oxygen atoms in total. The van der Waals surface area contributed by atoms with Gasteiger partial charge in [-0.05, 0) is 55.0 Å². The number of nitrogens with zero attached hydrogens (tertiary/aromatic N) is 2. The van der Waals surface area contributed by atoms with E-state index in [1.807, 2.05) is 7.05 Å². The highest BCUT2D eigenvalue weighted by Gasteiger charge is 2.35. The van der Waals surface area contributed by atoms with Gasteiger partial charge in [-0.25, -0.2) is 9.97 Å². The molecule has 1 unspecified atom stereocenters. The molecule has 116 valence electrons. The van der Waals surface area contributed by atoms with E-state index in [1.165, 1.54) is 32.1 Å². The molecule has 0 spiro atoms. The number of hydrogen-bond acceptors (Lipinski definition) is 4. The lowest BCUT2D eigenvalue weighted by Crippen LogP contribution is -2.33. The number of anilines is 1. The molecule has 2 fully saturated rings. The Morgan fingerprint density at radius 3 is 2.57 bits per heavy atom. The van der Waals surface area contributed by atoms with E-state index in [0.29, 0.717) is 5.92 Å². The minimum atomic E-state index is -0.335. The first-order valence-electron chi connectivity index (χ1n) is 8.03. The van der Waals surface area contributed by atoms with Crippen LogP contribution in [0.5, 0.6) is 0 Å². The van der Waals surface area contributed by atoms with Gasteiger partial charge in [0.1, 0.15) is 11.4 Å². The third-order valence-electron chi connectivity index (χ3n) is 4.80. The van der Waals surface area contributed by atoms with Gasteiger partial charge in [-0.3, -0.25) is 0 Å². The van der Waals surface area contributed by atoms with Gasteiger partial charge in [-0.15, -0.1) is 0 Å². The van der Waals surface area contributed by atoms with Crippen LogP contribution in [0.2, 0.25) is 0 Å². The summed E-state index contributed by atoms with van der Waals surface area (Å²) in [4.78, 5) is 9.66. The molecule has 1 aromatic rings. The fourth-order valence-electron chi connectivity index (χ4n) is 3.45. The van der Waals surface area contributed by atoms with Gasteiger partial charge >= 0.3 is 0 Å². The first kappa shape index (κ1) is 15.2. The van der Waals surface area contributed by atoms with Gasteiger partial charge in [0, 0.05) is 19.6 Å². The molecule has 0 aromatic carbocycles.